The number of aromatic nitrogens is 1. The van der Waals surface area contributed by atoms with Crippen molar-refractivity contribution in [2.24, 2.45) is 4.99 Å². The lowest BCUT2D eigenvalue weighted by atomic mass is 10.2. The summed E-state index contributed by atoms with van der Waals surface area (Å²) in [6.07, 6.45) is 0.0483. The Morgan fingerprint density at radius 1 is 1.17 bits per heavy atom. The average molecular weight is 433 g/mol. The zero-order valence-electron chi connectivity index (χ0n) is 16.6. The minimum Gasteiger partial charge on any atom is -0.491 e. The fourth-order valence-electron chi connectivity index (χ4n) is 2.84. The summed E-state index contributed by atoms with van der Waals surface area (Å²) in [7, 11) is 1.32. The number of hydrogen-bond acceptors (Lipinski definition) is 5. The Kier molecular flexibility index (Phi) is 6.39. The number of halogens is 1. The smallest absolute Gasteiger partial charge is 0.325 e. The van der Waals surface area contributed by atoms with Crippen molar-refractivity contribution in [2.45, 2.75) is 33.4 Å². The number of ether oxygens (including phenoxy) is 2. The standard InChI is InChI=1S/C21H21ClN2O4S/c1-12(2)28-15-7-5-14(6-8-15)20(26)23-21-24(11-18(25)27-4)19-13(3)16(22)9-10-17(19)29-21/h5-10,12H,11H2,1-4H3. The second-order valence-electron chi connectivity index (χ2n) is 6.67. The van der Waals surface area contributed by atoms with Gasteiger partial charge in [-0.05, 0) is 62.7 Å². The lowest BCUT2D eigenvalue weighted by Crippen LogP contribution is -2.22. The van der Waals surface area contributed by atoms with Crippen LogP contribution in [0.15, 0.2) is 41.4 Å². The van der Waals surface area contributed by atoms with Gasteiger partial charge in [0.05, 0.1) is 23.4 Å². The van der Waals surface area contributed by atoms with Crippen molar-refractivity contribution in [3.8, 4) is 5.75 Å². The average Bonchev–Trinajstić information content (AvgIpc) is 3.02. The van der Waals surface area contributed by atoms with E-state index in [9.17, 15) is 9.59 Å². The van der Waals surface area contributed by atoms with Crippen LogP contribution in [0.2, 0.25) is 5.02 Å². The fraction of sp³-hybridized carbons (Fsp3) is 0.286. The molecule has 0 fully saturated rings. The number of methoxy groups -OCH3 is 1. The van der Waals surface area contributed by atoms with Gasteiger partial charge in [0.1, 0.15) is 12.3 Å². The molecule has 1 amide bonds. The van der Waals surface area contributed by atoms with Crippen LogP contribution in [0.3, 0.4) is 0 Å². The molecule has 2 aromatic carbocycles. The van der Waals surface area contributed by atoms with Crippen LogP contribution in [0.1, 0.15) is 29.8 Å². The quantitative estimate of drug-likeness (QED) is 0.561. The molecule has 6 nitrogen and oxygen atoms in total. The van der Waals surface area contributed by atoms with Gasteiger partial charge in [0, 0.05) is 10.6 Å². The molecule has 0 bridgehead atoms. The number of hydrogen-bond donors (Lipinski definition) is 0. The van der Waals surface area contributed by atoms with Crippen molar-refractivity contribution in [1.82, 2.24) is 4.57 Å². The Balaban J connectivity index is 2.06. The number of carbonyl (C=O) groups is 2. The first-order valence-corrected chi connectivity index (χ1v) is 10.2. The molecular weight excluding hydrogens is 412 g/mol. The number of carbonyl (C=O) groups excluding carboxylic acids is 2. The first-order chi connectivity index (χ1) is 13.8. The highest BCUT2D eigenvalue weighted by Crippen LogP contribution is 2.27. The molecule has 3 aromatic rings. The summed E-state index contributed by atoms with van der Waals surface area (Å²) in [6.45, 7) is 5.67. The maximum Gasteiger partial charge on any atom is 0.325 e. The van der Waals surface area contributed by atoms with Crippen LogP contribution in [0.5, 0.6) is 5.75 Å². The number of thiazole rings is 1. The van der Waals surface area contributed by atoms with Gasteiger partial charge in [-0.3, -0.25) is 9.59 Å². The Bertz CT molecular complexity index is 1130. The second-order valence-corrected chi connectivity index (χ2v) is 8.09. The summed E-state index contributed by atoms with van der Waals surface area (Å²) in [6, 6.07) is 10.5. The third-order valence-electron chi connectivity index (χ3n) is 4.22. The van der Waals surface area contributed by atoms with Gasteiger partial charge in [0.15, 0.2) is 4.80 Å². The van der Waals surface area contributed by atoms with E-state index in [2.05, 4.69) is 4.99 Å². The molecule has 29 heavy (non-hydrogen) atoms. The second kappa shape index (κ2) is 8.80. The van der Waals surface area contributed by atoms with Gasteiger partial charge in [-0.1, -0.05) is 22.9 Å². The van der Waals surface area contributed by atoms with Gasteiger partial charge in [-0.25, -0.2) is 0 Å². The number of fused-ring (bicyclic) bond motifs is 1. The van der Waals surface area contributed by atoms with Crippen molar-refractivity contribution in [3.63, 3.8) is 0 Å². The van der Waals surface area contributed by atoms with Crippen LogP contribution >= 0.6 is 22.9 Å². The van der Waals surface area contributed by atoms with Gasteiger partial charge >= 0.3 is 5.97 Å². The van der Waals surface area contributed by atoms with Crippen molar-refractivity contribution in [3.05, 3.63) is 57.3 Å². The molecule has 0 N–H and O–H groups in total. The van der Waals surface area contributed by atoms with E-state index in [1.54, 1.807) is 34.9 Å². The maximum absolute atomic E-state index is 12.7. The molecule has 0 unspecified atom stereocenters. The number of rotatable bonds is 5. The third-order valence-corrected chi connectivity index (χ3v) is 5.67. The SMILES string of the molecule is COC(=O)Cn1c(=NC(=O)c2ccc(OC(C)C)cc2)sc2ccc(Cl)c(C)c21. The minimum absolute atomic E-state index is 0.0483. The normalized spacial score (nSPS) is 11.9. The van der Waals surface area contributed by atoms with Crippen molar-refractivity contribution < 1.29 is 19.1 Å². The number of esters is 1. The van der Waals surface area contributed by atoms with E-state index < -0.39 is 11.9 Å². The Morgan fingerprint density at radius 3 is 2.48 bits per heavy atom. The molecule has 3 rings (SSSR count). The van der Waals surface area contributed by atoms with Gasteiger partial charge < -0.3 is 14.0 Å². The predicted octanol–water partition coefficient (Wildman–Crippen LogP) is 4.37. The summed E-state index contributed by atoms with van der Waals surface area (Å²) >= 11 is 7.58. The first-order valence-electron chi connectivity index (χ1n) is 9.01. The van der Waals surface area contributed by atoms with Crippen LogP contribution in [0, 0.1) is 6.92 Å². The lowest BCUT2D eigenvalue weighted by Gasteiger charge is -2.09. The monoisotopic (exact) mass is 432 g/mol. The summed E-state index contributed by atoms with van der Waals surface area (Å²) in [5, 5.41) is 0.576. The third kappa shape index (κ3) is 4.68. The molecule has 8 heteroatoms. The van der Waals surface area contributed by atoms with Crippen LogP contribution in [0.4, 0.5) is 0 Å². The molecule has 0 saturated heterocycles. The Morgan fingerprint density at radius 2 is 1.86 bits per heavy atom. The van der Waals surface area contributed by atoms with Gasteiger partial charge in [0.25, 0.3) is 5.91 Å². The van der Waals surface area contributed by atoms with Crippen molar-refractivity contribution in [1.29, 1.82) is 0 Å². The molecule has 1 heterocycles. The summed E-state index contributed by atoms with van der Waals surface area (Å²) in [5.41, 5.74) is 2.01. The molecular formula is C21H21ClN2O4S. The van der Waals surface area contributed by atoms with Crippen LogP contribution < -0.4 is 9.54 Å². The fourth-order valence-corrected chi connectivity index (χ4v) is 4.08. The first kappa shape index (κ1) is 21.1. The molecule has 0 atom stereocenters. The molecule has 0 radical (unpaired) electrons. The summed E-state index contributed by atoms with van der Waals surface area (Å²) in [4.78, 5) is 29.3. The number of benzene rings is 2. The van der Waals surface area contributed by atoms with E-state index in [1.165, 1.54) is 18.4 Å². The molecule has 152 valence electrons. The van der Waals surface area contributed by atoms with Crippen molar-refractivity contribution >= 4 is 45.0 Å². The lowest BCUT2D eigenvalue weighted by molar-refractivity contribution is -0.141. The van der Waals surface area contributed by atoms with Crippen LogP contribution in [0.25, 0.3) is 10.2 Å². The van der Waals surface area contributed by atoms with Crippen LogP contribution in [-0.2, 0) is 16.1 Å². The highest BCUT2D eigenvalue weighted by Gasteiger charge is 2.15. The minimum atomic E-state index is -0.437. The van der Waals surface area contributed by atoms with Crippen molar-refractivity contribution in [2.75, 3.05) is 7.11 Å². The molecule has 0 saturated carbocycles. The van der Waals surface area contributed by atoms with E-state index in [0.29, 0.717) is 21.1 Å². The van der Waals surface area contributed by atoms with E-state index in [1.807, 2.05) is 26.8 Å². The number of nitrogens with zero attached hydrogens (tertiary/aromatic N) is 2. The topological polar surface area (TPSA) is 69.9 Å². The van der Waals surface area contributed by atoms with Gasteiger partial charge in [-0.15, -0.1) is 0 Å². The van der Waals surface area contributed by atoms with Gasteiger partial charge in [-0.2, -0.15) is 4.99 Å². The maximum atomic E-state index is 12.7. The summed E-state index contributed by atoms with van der Waals surface area (Å²) in [5.74, 6) is -0.160. The molecule has 0 aliphatic carbocycles. The Hall–Kier alpha value is -2.64. The van der Waals surface area contributed by atoms with Gasteiger partial charge in [0.2, 0.25) is 0 Å². The number of aryl methyl sites for hydroxylation is 1. The highest BCUT2D eigenvalue weighted by atomic mass is 35.5. The molecule has 0 aliphatic rings. The summed E-state index contributed by atoms with van der Waals surface area (Å²) < 4.78 is 12.9. The molecule has 0 aliphatic heterocycles. The molecule has 0 spiro atoms. The number of amides is 1. The predicted molar refractivity (Wildman–Crippen MR) is 114 cm³/mol. The zero-order chi connectivity index (χ0) is 21.1. The molecule has 1 aromatic heterocycles. The van der Waals surface area contributed by atoms with Crippen LogP contribution in [-0.4, -0.2) is 29.7 Å². The van der Waals surface area contributed by atoms with E-state index in [-0.39, 0.29) is 12.6 Å². The Labute approximate surface area is 177 Å². The zero-order valence-corrected chi connectivity index (χ0v) is 18.1. The highest BCUT2D eigenvalue weighted by molar-refractivity contribution is 7.16. The van der Waals surface area contributed by atoms with E-state index in [4.69, 9.17) is 21.1 Å². The largest absolute Gasteiger partial charge is 0.491 e. The van der Waals surface area contributed by atoms with E-state index in [0.717, 1.165) is 15.8 Å². The van der Waals surface area contributed by atoms with E-state index >= 15 is 0 Å².